The normalized spacial score (nSPS) is 15.5. The van der Waals surface area contributed by atoms with Crippen LogP contribution in [0, 0.1) is 11.6 Å². The molecule has 1 atom stereocenters. The average Bonchev–Trinajstić information content (AvgIpc) is 3.83. The van der Waals surface area contributed by atoms with Crippen LogP contribution in [0.15, 0.2) is 48.8 Å². The first-order valence-corrected chi connectivity index (χ1v) is 16.4. The highest BCUT2D eigenvalue weighted by atomic mass is 19.1. The van der Waals surface area contributed by atoms with E-state index in [0.717, 1.165) is 97.4 Å². The van der Waals surface area contributed by atoms with Crippen molar-refractivity contribution in [3.63, 3.8) is 0 Å². The maximum atomic E-state index is 14.2. The standard InChI is InChI=1S/C35H38F2N8/c1-2-7-27(45-21-26(39-41-45)20-44-33-11-6-4-9-29(33)31-17-24(37)13-15-35(31)44)22-42-18-25(38-40-42)19-43-32-10-5-3-8-28(32)30-16-23(36)12-14-34(30)43/h12-18,21,27H,2-11,19-20,22H2,1H3. The molecule has 0 saturated carbocycles. The van der Waals surface area contributed by atoms with Crippen molar-refractivity contribution in [1.29, 1.82) is 0 Å². The third kappa shape index (κ3) is 5.14. The van der Waals surface area contributed by atoms with Crippen molar-refractivity contribution in [2.75, 3.05) is 0 Å². The maximum Gasteiger partial charge on any atom is 0.123 e. The molecule has 0 bridgehead atoms. The van der Waals surface area contributed by atoms with Gasteiger partial charge in [0.05, 0.1) is 38.1 Å². The SMILES string of the molecule is CCCC(Cn1cc(Cn2c3c(c4cc(F)ccc42)CCCC3)nn1)n1cc(Cn2c3c(c4cc(F)ccc42)CCCC3)nn1. The van der Waals surface area contributed by atoms with Crippen LogP contribution in [0.3, 0.4) is 0 Å². The summed E-state index contributed by atoms with van der Waals surface area (Å²) in [5.41, 5.74) is 9.10. The summed E-state index contributed by atoms with van der Waals surface area (Å²) in [6, 6.07) is 10.4. The maximum absolute atomic E-state index is 14.2. The number of hydrogen-bond donors (Lipinski definition) is 0. The second kappa shape index (κ2) is 11.5. The zero-order chi connectivity index (χ0) is 30.5. The smallest absolute Gasteiger partial charge is 0.123 e. The van der Waals surface area contributed by atoms with Crippen LogP contribution in [-0.4, -0.2) is 39.1 Å². The van der Waals surface area contributed by atoms with Gasteiger partial charge in [-0.25, -0.2) is 13.5 Å². The predicted molar refractivity (Wildman–Crippen MR) is 169 cm³/mol. The molecule has 2 aliphatic rings. The molecule has 0 radical (unpaired) electrons. The number of rotatable bonds is 9. The molecule has 0 amide bonds. The van der Waals surface area contributed by atoms with Gasteiger partial charge in [-0.1, -0.05) is 23.8 Å². The summed E-state index contributed by atoms with van der Waals surface area (Å²) in [5.74, 6) is -0.372. The average molecular weight is 609 g/mol. The van der Waals surface area contributed by atoms with Crippen molar-refractivity contribution in [2.45, 2.75) is 96.8 Å². The molecule has 0 fully saturated rings. The number of nitrogens with zero attached hydrogens (tertiary/aromatic N) is 8. The van der Waals surface area contributed by atoms with Crippen LogP contribution in [0.2, 0.25) is 0 Å². The second-order valence-corrected chi connectivity index (χ2v) is 12.8. The summed E-state index contributed by atoms with van der Waals surface area (Å²) in [4.78, 5) is 0. The van der Waals surface area contributed by atoms with Gasteiger partial charge in [-0.05, 0) is 105 Å². The summed E-state index contributed by atoms with van der Waals surface area (Å²) in [7, 11) is 0. The third-order valence-corrected chi connectivity index (χ3v) is 9.86. The van der Waals surface area contributed by atoms with E-state index in [1.54, 1.807) is 24.3 Å². The first kappa shape index (κ1) is 28.2. The van der Waals surface area contributed by atoms with E-state index in [1.807, 2.05) is 27.7 Å². The van der Waals surface area contributed by atoms with Gasteiger partial charge in [-0.2, -0.15) is 0 Å². The molecule has 45 heavy (non-hydrogen) atoms. The lowest BCUT2D eigenvalue weighted by molar-refractivity contribution is 0.344. The quantitative estimate of drug-likeness (QED) is 0.178. The molecule has 0 N–H and O–H groups in total. The van der Waals surface area contributed by atoms with Gasteiger partial charge < -0.3 is 9.13 Å². The van der Waals surface area contributed by atoms with Crippen LogP contribution < -0.4 is 0 Å². The lowest BCUT2D eigenvalue weighted by Gasteiger charge is -2.16. The molecule has 2 aliphatic carbocycles. The fraction of sp³-hybridized carbons (Fsp3) is 0.429. The lowest BCUT2D eigenvalue weighted by atomic mass is 9.95. The van der Waals surface area contributed by atoms with Gasteiger partial charge in [-0.3, -0.25) is 4.68 Å². The number of benzene rings is 2. The molecule has 4 heterocycles. The monoisotopic (exact) mass is 608 g/mol. The van der Waals surface area contributed by atoms with E-state index in [-0.39, 0.29) is 17.7 Å². The van der Waals surface area contributed by atoms with Crippen molar-refractivity contribution >= 4 is 21.8 Å². The molecule has 0 spiro atoms. The molecule has 0 saturated heterocycles. The van der Waals surface area contributed by atoms with E-state index in [4.69, 9.17) is 0 Å². The fourth-order valence-electron chi connectivity index (χ4n) is 7.82. The Balaban J connectivity index is 1.03. The summed E-state index contributed by atoms with van der Waals surface area (Å²) < 4.78 is 36.8. The molecule has 4 aromatic heterocycles. The summed E-state index contributed by atoms with van der Waals surface area (Å²) >= 11 is 0. The van der Waals surface area contributed by atoms with E-state index in [2.05, 4.69) is 42.9 Å². The molecule has 0 aliphatic heterocycles. The first-order chi connectivity index (χ1) is 22.1. The van der Waals surface area contributed by atoms with Gasteiger partial charge in [0.25, 0.3) is 0 Å². The summed E-state index contributed by atoms with van der Waals surface area (Å²) in [6.45, 7) is 4.05. The lowest BCUT2D eigenvalue weighted by Crippen LogP contribution is -2.17. The van der Waals surface area contributed by atoms with Crippen molar-refractivity contribution in [3.8, 4) is 0 Å². The van der Waals surface area contributed by atoms with Crippen LogP contribution in [0.25, 0.3) is 21.8 Å². The Morgan fingerprint density at radius 2 is 1.27 bits per heavy atom. The minimum Gasteiger partial charge on any atom is -0.338 e. The summed E-state index contributed by atoms with van der Waals surface area (Å²) in [6.07, 6.45) is 14.6. The Kier molecular flexibility index (Phi) is 7.22. The largest absolute Gasteiger partial charge is 0.338 e. The van der Waals surface area contributed by atoms with Gasteiger partial charge in [0.1, 0.15) is 23.0 Å². The zero-order valence-electron chi connectivity index (χ0n) is 25.7. The first-order valence-electron chi connectivity index (χ1n) is 16.4. The Labute approximate surface area is 260 Å². The van der Waals surface area contributed by atoms with E-state index < -0.39 is 0 Å². The minimum absolute atomic E-state index is 0.0818. The molecule has 6 aromatic rings. The molecule has 1 unspecified atom stereocenters. The van der Waals surface area contributed by atoms with E-state index in [0.29, 0.717) is 19.6 Å². The highest BCUT2D eigenvalue weighted by molar-refractivity contribution is 5.87. The van der Waals surface area contributed by atoms with Crippen LogP contribution in [0.5, 0.6) is 0 Å². The Bertz CT molecular complexity index is 2010. The highest BCUT2D eigenvalue weighted by Gasteiger charge is 2.23. The zero-order valence-corrected chi connectivity index (χ0v) is 25.7. The molecule has 8 rings (SSSR count). The molecule has 232 valence electrons. The van der Waals surface area contributed by atoms with Crippen molar-refractivity contribution in [1.82, 2.24) is 39.1 Å². The Morgan fingerprint density at radius 1 is 0.711 bits per heavy atom. The predicted octanol–water partition coefficient (Wildman–Crippen LogP) is 6.95. The van der Waals surface area contributed by atoms with Crippen molar-refractivity contribution in [2.24, 2.45) is 0 Å². The number of halogens is 2. The van der Waals surface area contributed by atoms with E-state index >= 15 is 0 Å². The Hall–Kier alpha value is -4.34. The molecular weight excluding hydrogens is 570 g/mol. The van der Waals surface area contributed by atoms with Gasteiger partial charge in [0, 0.05) is 33.2 Å². The van der Waals surface area contributed by atoms with Crippen LogP contribution in [0.4, 0.5) is 8.78 Å². The van der Waals surface area contributed by atoms with Gasteiger partial charge in [0.15, 0.2) is 0 Å². The highest BCUT2D eigenvalue weighted by Crippen LogP contribution is 2.34. The number of hydrogen-bond acceptors (Lipinski definition) is 4. The van der Waals surface area contributed by atoms with Gasteiger partial charge in [-0.15, -0.1) is 10.2 Å². The third-order valence-electron chi connectivity index (χ3n) is 9.86. The van der Waals surface area contributed by atoms with Crippen LogP contribution in [-0.2, 0) is 45.3 Å². The number of aromatic nitrogens is 8. The minimum atomic E-state index is -0.186. The number of fused-ring (bicyclic) bond motifs is 6. The Morgan fingerprint density at radius 3 is 1.87 bits per heavy atom. The van der Waals surface area contributed by atoms with Gasteiger partial charge in [0.2, 0.25) is 0 Å². The molecule has 8 nitrogen and oxygen atoms in total. The van der Waals surface area contributed by atoms with E-state index in [1.165, 1.54) is 22.5 Å². The molecule has 2 aromatic carbocycles. The number of aryl methyl sites for hydroxylation is 2. The fourth-order valence-corrected chi connectivity index (χ4v) is 7.82. The second-order valence-electron chi connectivity index (χ2n) is 12.8. The van der Waals surface area contributed by atoms with Crippen LogP contribution in [0.1, 0.15) is 85.4 Å². The summed E-state index contributed by atoms with van der Waals surface area (Å²) in [5, 5.41) is 20.3. The topological polar surface area (TPSA) is 71.3 Å². The van der Waals surface area contributed by atoms with E-state index in [9.17, 15) is 8.78 Å². The van der Waals surface area contributed by atoms with Crippen LogP contribution >= 0.6 is 0 Å². The van der Waals surface area contributed by atoms with Gasteiger partial charge >= 0.3 is 0 Å². The molecule has 10 heteroatoms. The van der Waals surface area contributed by atoms with Crippen molar-refractivity contribution in [3.05, 3.63) is 94.3 Å². The van der Waals surface area contributed by atoms with Crippen molar-refractivity contribution < 1.29 is 8.78 Å². The molecular formula is C35H38F2N8.